The van der Waals surface area contributed by atoms with Crippen molar-refractivity contribution in [2.45, 2.75) is 13.3 Å². The molecular weight excluding hydrogens is 291 g/mol. The second-order valence-corrected chi connectivity index (χ2v) is 4.46. The lowest BCUT2D eigenvalue weighted by atomic mass is 10.1. The van der Waals surface area contributed by atoms with Crippen molar-refractivity contribution in [3.63, 3.8) is 0 Å². The first-order chi connectivity index (χ1) is 10.5. The van der Waals surface area contributed by atoms with Crippen LogP contribution in [0.2, 0.25) is 0 Å². The molecule has 0 unspecified atom stereocenters. The van der Waals surface area contributed by atoms with E-state index in [-0.39, 0.29) is 35.9 Å². The number of carboxylic acids is 1. The highest BCUT2D eigenvalue weighted by molar-refractivity contribution is 6.03. The number of Topliss-reactive ketones (excluding diaryl/α,β-unsaturated/α-hetero) is 1. The minimum atomic E-state index is -1.28. The number of halogens is 1. The lowest BCUT2D eigenvalue weighted by molar-refractivity contribution is 0.0685. The zero-order chi connectivity index (χ0) is 16.1. The normalized spacial score (nSPS) is 10.3. The number of nitrogens with zero attached hydrogens (tertiary/aromatic N) is 2. The van der Waals surface area contributed by atoms with E-state index in [1.165, 1.54) is 37.4 Å². The molecule has 1 N–H and O–H groups in total. The first-order valence-electron chi connectivity index (χ1n) is 6.46. The van der Waals surface area contributed by atoms with Crippen LogP contribution in [0.1, 0.15) is 33.6 Å². The Hall–Kier alpha value is -2.83. The highest BCUT2D eigenvalue weighted by Gasteiger charge is 2.17. The molecule has 0 saturated heterocycles. The third-order valence-electron chi connectivity index (χ3n) is 2.83. The Morgan fingerprint density at radius 2 is 1.95 bits per heavy atom. The number of aromatic nitrogens is 2. The number of hydrogen-bond donors (Lipinski definition) is 1. The maximum atomic E-state index is 12.7. The van der Waals surface area contributed by atoms with E-state index in [2.05, 4.69) is 9.97 Å². The summed E-state index contributed by atoms with van der Waals surface area (Å²) in [5, 5.41) is 9.06. The first-order valence-corrected chi connectivity index (χ1v) is 6.46. The maximum absolute atomic E-state index is 12.7. The molecular formula is C15H13FN2O4. The first kappa shape index (κ1) is 15.6. The van der Waals surface area contributed by atoms with Gasteiger partial charge in [0.2, 0.25) is 0 Å². The van der Waals surface area contributed by atoms with Crippen LogP contribution >= 0.6 is 0 Å². The lowest BCUT2D eigenvalue weighted by Crippen LogP contribution is -2.14. The standard InChI is InChI=1S/C15H13FN2O4/c1-9(19)12-8-17-13(18-14(12)15(20)21)6-7-22-11-4-2-10(16)3-5-11/h2-5,8H,6-7H2,1H3,(H,20,21). The smallest absolute Gasteiger partial charge is 0.355 e. The van der Waals surface area contributed by atoms with Gasteiger partial charge < -0.3 is 9.84 Å². The molecule has 22 heavy (non-hydrogen) atoms. The lowest BCUT2D eigenvalue weighted by Gasteiger charge is -2.07. The number of aromatic carboxylic acids is 1. The molecule has 6 nitrogen and oxygen atoms in total. The minimum Gasteiger partial charge on any atom is -0.493 e. The predicted octanol–water partition coefficient (Wildman–Crippen LogP) is 2.14. The summed E-state index contributed by atoms with van der Waals surface area (Å²) in [5.41, 5.74) is -0.352. The van der Waals surface area contributed by atoms with Gasteiger partial charge in [-0.1, -0.05) is 0 Å². The molecule has 0 radical (unpaired) electrons. The van der Waals surface area contributed by atoms with Gasteiger partial charge >= 0.3 is 5.97 Å². The largest absolute Gasteiger partial charge is 0.493 e. The molecule has 0 bridgehead atoms. The van der Waals surface area contributed by atoms with E-state index >= 15 is 0 Å². The zero-order valence-electron chi connectivity index (χ0n) is 11.7. The van der Waals surface area contributed by atoms with Crippen molar-refractivity contribution in [3.05, 3.63) is 53.4 Å². The molecule has 0 aliphatic carbocycles. The average Bonchev–Trinajstić information content (AvgIpc) is 2.49. The number of carboxylic acid groups (broad SMARTS) is 1. The van der Waals surface area contributed by atoms with Crippen LogP contribution in [0.3, 0.4) is 0 Å². The molecule has 2 aromatic rings. The monoisotopic (exact) mass is 304 g/mol. The summed E-state index contributed by atoms with van der Waals surface area (Å²) in [6.07, 6.45) is 1.46. The summed E-state index contributed by atoms with van der Waals surface area (Å²) in [4.78, 5) is 30.2. The minimum absolute atomic E-state index is 0.0318. The number of carbonyl (C=O) groups is 2. The maximum Gasteiger partial charge on any atom is 0.355 e. The quantitative estimate of drug-likeness (QED) is 0.822. The highest BCUT2D eigenvalue weighted by atomic mass is 19.1. The second-order valence-electron chi connectivity index (χ2n) is 4.46. The number of benzene rings is 1. The van der Waals surface area contributed by atoms with Gasteiger partial charge in [0.1, 0.15) is 17.4 Å². The van der Waals surface area contributed by atoms with Crippen LogP contribution in [0.5, 0.6) is 5.75 Å². The van der Waals surface area contributed by atoms with Crippen LogP contribution in [0.15, 0.2) is 30.5 Å². The van der Waals surface area contributed by atoms with Crippen molar-refractivity contribution in [2.24, 2.45) is 0 Å². The van der Waals surface area contributed by atoms with Gasteiger partial charge in [0.15, 0.2) is 11.5 Å². The summed E-state index contributed by atoms with van der Waals surface area (Å²) < 4.78 is 18.1. The number of carbonyl (C=O) groups excluding carboxylic acids is 1. The predicted molar refractivity (Wildman–Crippen MR) is 74.6 cm³/mol. The van der Waals surface area contributed by atoms with Gasteiger partial charge in [-0.05, 0) is 31.2 Å². The molecule has 1 aromatic heterocycles. The number of ketones is 1. The van der Waals surface area contributed by atoms with Crippen LogP contribution in [0, 0.1) is 5.82 Å². The van der Waals surface area contributed by atoms with Crippen LogP contribution in [0.25, 0.3) is 0 Å². The van der Waals surface area contributed by atoms with Crippen molar-refractivity contribution >= 4 is 11.8 Å². The van der Waals surface area contributed by atoms with Crippen molar-refractivity contribution in [1.82, 2.24) is 9.97 Å². The third kappa shape index (κ3) is 3.85. The van der Waals surface area contributed by atoms with E-state index in [0.717, 1.165) is 0 Å². The number of rotatable bonds is 6. The van der Waals surface area contributed by atoms with Gasteiger partial charge in [-0.3, -0.25) is 4.79 Å². The second kappa shape index (κ2) is 6.75. The van der Waals surface area contributed by atoms with Gasteiger partial charge in [0, 0.05) is 12.6 Å². The Morgan fingerprint density at radius 3 is 2.55 bits per heavy atom. The molecule has 1 heterocycles. The third-order valence-corrected chi connectivity index (χ3v) is 2.83. The number of hydrogen-bond acceptors (Lipinski definition) is 5. The fourth-order valence-electron chi connectivity index (χ4n) is 1.75. The topological polar surface area (TPSA) is 89.4 Å². The van der Waals surface area contributed by atoms with Gasteiger partial charge in [0.25, 0.3) is 0 Å². The van der Waals surface area contributed by atoms with E-state index in [9.17, 15) is 14.0 Å². The molecule has 0 aliphatic heterocycles. The van der Waals surface area contributed by atoms with Crippen molar-refractivity contribution < 1.29 is 23.8 Å². The molecule has 114 valence electrons. The van der Waals surface area contributed by atoms with E-state index in [1.807, 2.05) is 0 Å². The molecule has 0 atom stereocenters. The Labute approximate surface area is 125 Å². The fraction of sp³-hybridized carbons (Fsp3) is 0.200. The molecule has 7 heteroatoms. The van der Waals surface area contributed by atoms with Crippen LogP contribution in [0.4, 0.5) is 4.39 Å². The fourth-order valence-corrected chi connectivity index (χ4v) is 1.75. The van der Waals surface area contributed by atoms with E-state index < -0.39 is 11.8 Å². The average molecular weight is 304 g/mol. The van der Waals surface area contributed by atoms with Crippen LogP contribution in [-0.2, 0) is 6.42 Å². The molecule has 0 amide bonds. The Kier molecular flexibility index (Phi) is 4.77. The zero-order valence-corrected chi connectivity index (χ0v) is 11.7. The van der Waals surface area contributed by atoms with Crippen molar-refractivity contribution in [1.29, 1.82) is 0 Å². The summed E-state index contributed by atoms with van der Waals surface area (Å²) in [6, 6.07) is 5.52. The van der Waals surface area contributed by atoms with E-state index in [1.54, 1.807) is 0 Å². The molecule has 0 spiro atoms. The summed E-state index contributed by atoms with van der Waals surface area (Å²) >= 11 is 0. The van der Waals surface area contributed by atoms with Crippen LogP contribution in [-0.4, -0.2) is 33.4 Å². The highest BCUT2D eigenvalue weighted by Crippen LogP contribution is 2.12. The Bertz CT molecular complexity index is 701. The van der Waals surface area contributed by atoms with Gasteiger partial charge in [-0.15, -0.1) is 0 Å². The summed E-state index contributed by atoms with van der Waals surface area (Å²) in [7, 11) is 0. The van der Waals surface area contributed by atoms with Gasteiger partial charge in [-0.25, -0.2) is 19.2 Å². The summed E-state index contributed by atoms with van der Waals surface area (Å²) in [6.45, 7) is 1.45. The molecule has 2 rings (SSSR count). The summed E-state index contributed by atoms with van der Waals surface area (Å²) in [5.74, 6) is -1.31. The molecule has 0 fully saturated rings. The Morgan fingerprint density at radius 1 is 1.27 bits per heavy atom. The van der Waals surface area contributed by atoms with Gasteiger partial charge in [0.05, 0.1) is 12.2 Å². The van der Waals surface area contributed by atoms with E-state index in [0.29, 0.717) is 5.75 Å². The van der Waals surface area contributed by atoms with Crippen LogP contribution < -0.4 is 4.74 Å². The SMILES string of the molecule is CC(=O)c1cnc(CCOc2ccc(F)cc2)nc1C(=O)O. The van der Waals surface area contributed by atoms with Gasteiger partial charge in [-0.2, -0.15) is 0 Å². The van der Waals surface area contributed by atoms with E-state index in [4.69, 9.17) is 9.84 Å². The molecule has 1 aromatic carbocycles. The molecule has 0 saturated carbocycles. The number of ether oxygens (including phenoxy) is 1. The molecule has 0 aliphatic rings. The van der Waals surface area contributed by atoms with Crippen molar-refractivity contribution in [2.75, 3.05) is 6.61 Å². The van der Waals surface area contributed by atoms with Crippen molar-refractivity contribution in [3.8, 4) is 5.75 Å². The Balaban J connectivity index is 2.04.